The highest BCUT2D eigenvalue weighted by Gasteiger charge is 2.27. The maximum Gasteiger partial charge on any atom is 0.419 e. The molecule has 10 heteroatoms. The normalized spacial score (nSPS) is 12.8. The molecular formula is C21H25N3O6S. The summed E-state index contributed by atoms with van der Waals surface area (Å²) in [5.41, 5.74) is 1.11. The number of aryl methyl sites for hydroxylation is 1. The van der Waals surface area contributed by atoms with E-state index in [-0.39, 0.29) is 22.8 Å². The summed E-state index contributed by atoms with van der Waals surface area (Å²) in [6, 6.07) is 9.91. The Morgan fingerprint density at radius 3 is 2.61 bits per heavy atom. The first-order valence-electron chi connectivity index (χ1n) is 9.67. The number of anilines is 1. The summed E-state index contributed by atoms with van der Waals surface area (Å²) in [5.74, 6) is -0.458. The Kier molecular flexibility index (Phi) is 6.51. The third-order valence-corrected chi connectivity index (χ3v) is 6.20. The van der Waals surface area contributed by atoms with Crippen LogP contribution in [0.15, 0.2) is 56.6 Å². The van der Waals surface area contributed by atoms with E-state index in [1.807, 2.05) is 13.8 Å². The van der Waals surface area contributed by atoms with Crippen LogP contribution in [0.5, 0.6) is 5.75 Å². The van der Waals surface area contributed by atoms with Gasteiger partial charge in [-0.1, -0.05) is 19.9 Å². The third kappa shape index (κ3) is 5.15. The van der Waals surface area contributed by atoms with Gasteiger partial charge < -0.3 is 14.5 Å². The van der Waals surface area contributed by atoms with Gasteiger partial charge in [0.25, 0.3) is 0 Å². The van der Waals surface area contributed by atoms with Gasteiger partial charge in [-0.3, -0.25) is 9.36 Å². The van der Waals surface area contributed by atoms with Gasteiger partial charge >= 0.3 is 5.76 Å². The van der Waals surface area contributed by atoms with Crippen LogP contribution in [-0.4, -0.2) is 32.0 Å². The standard InChI is InChI=1S/C21H25N3O6S/c1-13(2)10-17(20(25)22-14-6-5-7-15(11-14)29-4)23-31(27,28)16-8-9-18-19(12-16)30-21(26)24(18)3/h5-9,11-13,17,23H,10H2,1-4H3,(H,22,25). The molecule has 0 saturated heterocycles. The van der Waals surface area contributed by atoms with Gasteiger partial charge in [-0.05, 0) is 36.6 Å². The average molecular weight is 448 g/mol. The predicted molar refractivity (Wildman–Crippen MR) is 117 cm³/mol. The van der Waals surface area contributed by atoms with E-state index in [4.69, 9.17) is 9.15 Å². The van der Waals surface area contributed by atoms with Crippen molar-refractivity contribution >= 4 is 32.7 Å². The van der Waals surface area contributed by atoms with Crippen LogP contribution in [0.4, 0.5) is 5.69 Å². The van der Waals surface area contributed by atoms with Gasteiger partial charge in [0.2, 0.25) is 15.9 Å². The van der Waals surface area contributed by atoms with E-state index in [0.29, 0.717) is 17.0 Å². The minimum Gasteiger partial charge on any atom is -0.497 e. The Labute approximate surface area is 180 Å². The first kappa shape index (κ1) is 22.6. The smallest absolute Gasteiger partial charge is 0.419 e. The van der Waals surface area contributed by atoms with Crippen LogP contribution in [0.25, 0.3) is 11.1 Å². The van der Waals surface area contributed by atoms with Gasteiger partial charge in [0.05, 0.1) is 17.5 Å². The highest BCUT2D eigenvalue weighted by Crippen LogP contribution is 2.21. The van der Waals surface area contributed by atoms with Crippen LogP contribution in [-0.2, 0) is 21.9 Å². The van der Waals surface area contributed by atoms with E-state index >= 15 is 0 Å². The lowest BCUT2D eigenvalue weighted by Gasteiger charge is -2.20. The average Bonchev–Trinajstić information content (AvgIpc) is 3.00. The number of carbonyl (C=O) groups is 1. The zero-order valence-electron chi connectivity index (χ0n) is 17.7. The Bertz CT molecular complexity index is 1260. The summed E-state index contributed by atoms with van der Waals surface area (Å²) in [7, 11) is -1.01. The van der Waals surface area contributed by atoms with E-state index in [1.54, 1.807) is 24.3 Å². The number of hydrogen-bond donors (Lipinski definition) is 2. The number of methoxy groups -OCH3 is 1. The van der Waals surface area contributed by atoms with Crippen molar-refractivity contribution in [3.8, 4) is 5.75 Å². The van der Waals surface area contributed by atoms with Crippen molar-refractivity contribution in [2.45, 2.75) is 31.2 Å². The number of nitrogens with zero attached hydrogens (tertiary/aromatic N) is 1. The molecule has 0 aliphatic carbocycles. The summed E-state index contributed by atoms with van der Waals surface area (Å²) in [5, 5.41) is 2.73. The van der Waals surface area contributed by atoms with E-state index < -0.39 is 27.7 Å². The Hall–Kier alpha value is -3.11. The highest BCUT2D eigenvalue weighted by molar-refractivity contribution is 7.89. The number of benzene rings is 2. The monoisotopic (exact) mass is 447 g/mol. The quantitative estimate of drug-likeness (QED) is 0.547. The number of fused-ring (bicyclic) bond motifs is 1. The van der Waals surface area contributed by atoms with E-state index in [2.05, 4.69) is 10.0 Å². The van der Waals surface area contributed by atoms with Crippen molar-refractivity contribution in [2.24, 2.45) is 13.0 Å². The number of aromatic nitrogens is 1. The summed E-state index contributed by atoms with van der Waals surface area (Å²) in [6.07, 6.45) is 0.289. The van der Waals surface area contributed by atoms with E-state index in [9.17, 15) is 18.0 Å². The lowest BCUT2D eigenvalue weighted by atomic mass is 10.0. The third-order valence-electron chi connectivity index (χ3n) is 4.73. The molecular weight excluding hydrogens is 422 g/mol. The van der Waals surface area contributed by atoms with Crippen LogP contribution < -0.4 is 20.5 Å². The maximum absolute atomic E-state index is 13.0. The summed E-state index contributed by atoms with van der Waals surface area (Å²) < 4.78 is 39.9. The maximum atomic E-state index is 13.0. The number of ether oxygens (including phenoxy) is 1. The van der Waals surface area contributed by atoms with Gasteiger partial charge in [-0.25, -0.2) is 13.2 Å². The van der Waals surface area contributed by atoms with Crippen molar-refractivity contribution in [1.29, 1.82) is 0 Å². The second-order valence-electron chi connectivity index (χ2n) is 7.58. The number of sulfonamides is 1. The molecule has 0 saturated carbocycles. The molecule has 0 aliphatic rings. The lowest BCUT2D eigenvalue weighted by Crippen LogP contribution is -2.44. The molecule has 1 atom stereocenters. The first-order valence-corrected chi connectivity index (χ1v) is 11.2. The predicted octanol–water partition coefficient (Wildman–Crippen LogP) is 2.47. The molecule has 0 aliphatic heterocycles. The number of hydrogen-bond acceptors (Lipinski definition) is 6. The number of amides is 1. The fourth-order valence-electron chi connectivity index (χ4n) is 3.15. The Balaban J connectivity index is 1.86. The highest BCUT2D eigenvalue weighted by atomic mass is 32.2. The SMILES string of the molecule is COc1cccc(NC(=O)C(CC(C)C)NS(=O)(=O)c2ccc3c(c2)oc(=O)n3C)c1. The van der Waals surface area contributed by atoms with Crippen molar-refractivity contribution in [1.82, 2.24) is 9.29 Å². The molecule has 3 rings (SSSR count). The fourth-order valence-corrected chi connectivity index (χ4v) is 4.37. The zero-order valence-corrected chi connectivity index (χ0v) is 18.5. The second-order valence-corrected chi connectivity index (χ2v) is 9.30. The molecule has 1 amide bonds. The molecule has 1 aromatic heterocycles. The molecule has 0 radical (unpaired) electrons. The summed E-state index contributed by atoms with van der Waals surface area (Å²) in [4.78, 5) is 24.5. The van der Waals surface area contributed by atoms with Crippen molar-refractivity contribution in [3.63, 3.8) is 0 Å². The van der Waals surface area contributed by atoms with Crippen LogP contribution >= 0.6 is 0 Å². The van der Waals surface area contributed by atoms with Crippen LogP contribution in [0.2, 0.25) is 0 Å². The minimum absolute atomic E-state index is 0.0541. The number of oxazole rings is 1. The first-order chi connectivity index (χ1) is 14.6. The minimum atomic E-state index is -4.06. The number of carbonyl (C=O) groups excluding carboxylic acids is 1. The summed E-state index contributed by atoms with van der Waals surface area (Å²) >= 11 is 0. The molecule has 0 spiro atoms. The molecule has 2 N–H and O–H groups in total. The molecule has 0 bridgehead atoms. The number of rotatable bonds is 8. The fraction of sp³-hybridized carbons (Fsp3) is 0.333. The molecule has 1 heterocycles. The Morgan fingerprint density at radius 1 is 1.19 bits per heavy atom. The molecule has 31 heavy (non-hydrogen) atoms. The Morgan fingerprint density at radius 2 is 1.94 bits per heavy atom. The van der Waals surface area contributed by atoms with E-state index in [0.717, 1.165) is 0 Å². The van der Waals surface area contributed by atoms with Gasteiger partial charge in [0.15, 0.2) is 5.58 Å². The molecule has 3 aromatic rings. The van der Waals surface area contributed by atoms with Crippen LogP contribution in [0.1, 0.15) is 20.3 Å². The lowest BCUT2D eigenvalue weighted by molar-refractivity contribution is -0.118. The molecule has 2 aromatic carbocycles. The second kappa shape index (κ2) is 8.94. The van der Waals surface area contributed by atoms with Crippen LogP contribution in [0.3, 0.4) is 0 Å². The van der Waals surface area contributed by atoms with Crippen molar-refractivity contribution < 1.29 is 22.4 Å². The van der Waals surface area contributed by atoms with E-state index in [1.165, 1.54) is 36.9 Å². The molecule has 166 valence electrons. The largest absolute Gasteiger partial charge is 0.497 e. The molecule has 9 nitrogen and oxygen atoms in total. The van der Waals surface area contributed by atoms with Gasteiger partial charge in [0.1, 0.15) is 11.8 Å². The zero-order chi connectivity index (χ0) is 22.8. The van der Waals surface area contributed by atoms with Crippen molar-refractivity contribution in [3.05, 3.63) is 53.0 Å². The van der Waals surface area contributed by atoms with Gasteiger partial charge in [-0.15, -0.1) is 0 Å². The van der Waals surface area contributed by atoms with Crippen molar-refractivity contribution in [2.75, 3.05) is 12.4 Å². The topological polar surface area (TPSA) is 120 Å². The van der Waals surface area contributed by atoms with Gasteiger partial charge in [-0.2, -0.15) is 4.72 Å². The number of nitrogens with one attached hydrogen (secondary N) is 2. The molecule has 0 fully saturated rings. The van der Waals surface area contributed by atoms with Gasteiger partial charge in [0, 0.05) is 24.9 Å². The summed E-state index contributed by atoms with van der Waals surface area (Å²) in [6.45, 7) is 3.79. The van der Waals surface area contributed by atoms with Crippen LogP contribution in [0, 0.1) is 5.92 Å². The molecule has 1 unspecified atom stereocenters.